The molecular weight excluding hydrogens is 441 g/mol. The Kier molecular flexibility index (Phi) is 6.95. The van der Waals surface area contributed by atoms with E-state index in [0.717, 1.165) is 18.4 Å². The van der Waals surface area contributed by atoms with E-state index < -0.39 is 0 Å². The van der Waals surface area contributed by atoms with Crippen LogP contribution >= 0.6 is 23.1 Å². The van der Waals surface area contributed by atoms with Crippen molar-refractivity contribution in [1.82, 2.24) is 25.6 Å². The molecule has 0 radical (unpaired) electrons. The monoisotopic (exact) mass is 461 g/mol. The van der Waals surface area contributed by atoms with Gasteiger partial charge in [-0.25, -0.2) is 4.39 Å². The average molecular weight is 462 g/mol. The highest BCUT2D eigenvalue weighted by atomic mass is 32.2. The van der Waals surface area contributed by atoms with Gasteiger partial charge in [-0.2, -0.15) is 0 Å². The summed E-state index contributed by atoms with van der Waals surface area (Å²) in [5.41, 5.74) is 5.52. The smallest absolute Gasteiger partial charge is 0.279 e. The van der Waals surface area contributed by atoms with Crippen molar-refractivity contribution >= 4 is 34.9 Å². The number of aromatic nitrogens is 3. The van der Waals surface area contributed by atoms with Gasteiger partial charge in [-0.3, -0.25) is 25.0 Å². The number of nitrogens with one attached hydrogen (secondary N) is 2. The van der Waals surface area contributed by atoms with Gasteiger partial charge >= 0.3 is 0 Å². The van der Waals surface area contributed by atoms with Gasteiger partial charge in [0.1, 0.15) is 5.82 Å². The average Bonchev–Trinajstić information content (AvgIpc) is 3.54. The molecule has 8 nitrogen and oxygen atoms in total. The van der Waals surface area contributed by atoms with E-state index >= 15 is 0 Å². The van der Waals surface area contributed by atoms with E-state index in [1.807, 2.05) is 4.57 Å². The van der Waals surface area contributed by atoms with Crippen LogP contribution in [0.4, 0.5) is 4.39 Å². The Morgan fingerprint density at radius 3 is 2.77 bits per heavy atom. The third kappa shape index (κ3) is 5.49. The SMILES string of the molecule is O=C(CSc1nnc(-c2ccc(F)cc2)n1C[C@@H]1CCCO1)NNC(=O)c1cccs1. The van der Waals surface area contributed by atoms with Crippen molar-refractivity contribution < 1.29 is 18.7 Å². The maximum atomic E-state index is 13.3. The number of benzene rings is 1. The zero-order chi connectivity index (χ0) is 21.6. The maximum absolute atomic E-state index is 13.3. The molecule has 1 aromatic carbocycles. The number of nitrogens with zero attached hydrogens (tertiary/aromatic N) is 3. The van der Waals surface area contributed by atoms with Gasteiger partial charge in [0.25, 0.3) is 5.91 Å². The van der Waals surface area contributed by atoms with Crippen LogP contribution in [0.25, 0.3) is 11.4 Å². The first kappa shape index (κ1) is 21.5. The predicted octanol–water partition coefficient (Wildman–Crippen LogP) is 2.88. The first-order valence-electron chi connectivity index (χ1n) is 9.66. The van der Waals surface area contributed by atoms with E-state index in [2.05, 4.69) is 21.0 Å². The minimum absolute atomic E-state index is 0.0356. The molecule has 3 heterocycles. The van der Waals surface area contributed by atoms with Gasteiger partial charge in [0.05, 0.1) is 23.3 Å². The van der Waals surface area contributed by atoms with Crippen LogP contribution in [0.2, 0.25) is 0 Å². The highest BCUT2D eigenvalue weighted by molar-refractivity contribution is 7.99. The Balaban J connectivity index is 1.42. The Bertz CT molecular complexity index is 1030. The van der Waals surface area contributed by atoms with Gasteiger partial charge in [0.15, 0.2) is 11.0 Å². The molecular formula is C20H20FN5O3S2. The van der Waals surface area contributed by atoms with Crippen molar-refractivity contribution in [3.63, 3.8) is 0 Å². The molecule has 1 fully saturated rings. The van der Waals surface area contributed by atoms with Gasteiger partial charge in [-0.1, -0.05) is 17.8 Å². The first-order chi connectivity index (χ1) is 15.1. The second-order valence-corrected chi connectivity index (χ2v) is 8.72. The van der Waals surface area contributed by atoms with Crippen molar-refractivity contribution in [3.8, 4) is 11.4 Å². The van der Waals surface area contributed by atoms with Crippen LogP contribution in [0.1, 0.15) is 22.5 Å². The minimum atomic E-state index is -0.370. The van der Waals surface area contributed by atoms with E-state index in [-0.39, 0.29) is 29.5 Å². The molecule has 162 valence electrons. The summed E-state index contributed by atoms with van der Waals surface area (Å²) >= 11 is 2.49. The summed E-state index contributed by atoms with van der Waals surface area (Å²) in [7, 11) is 0. The van der Waals surface area contributed by atoms with Gasteiger partial charge in [0, 0.05) is 12.2 Å². The quantitative estimate of drug-likeness (QED) is 0.415. The number of hydrogen-bond donors (Lipinski definition) is 2. The normalized spacial score (nSPS) is 15.7. The van der Waals surface area contributed by atoms with E-state index in [1.54, 1.807) is 29.6 Å². The number of thioether (sulfide) groups is 1. The molecule has 0 aliphatic carbocycles. The van der Waals surface area contributed by atoms with Crippen LogP contribution in [0, 0.1) is 5.82 Å². The standard InChI is InChI=1S/C20H20FN5O3S2/c21-14-7-5-13(6-8-14)18-23-25-20(26(18)11-15-3-1-9-29-15)31-12-17(27)22-24-19(28)16-4-2-10-30-16/h2,4-8,10,15H,1,3,9,11-12H2,(H,22,27)(H,24,28)/t15-/m0/s1. The van der Waals surface area contributed by atoms with Gasteiger partial charge in [-0.15, -0.1) is 21.5 Å². The molecule has 31 heavy (non-hydrogen) atoms. The van der Waals surface area contributed by atoms with E-state index in [9.17, 15) is 14.0 Å². The lowest BCUT2D eigenvalue weighted by Gasteiger charge is -2.14. The molecule has 2 amide bonds. The zero-order valence-corrected chi connectivity index (χ0v) is 18.0. The summed E-state index contributed by atoms with van der Waals surface area (Å²) in [5.74, 6) is -0.440. The molecule has 3 aromatic rings. The minimum Gasteiger partial charge on any atom is -0.376 e. The van der Waals surface area contributed by atoms with Crippen LogP contribution in [0.3, 0.4) is 0 Å². The van der Waals surface area contributed by atoms with Crippen LogP contribution in [0.15, 0.2) is 46.9 Å². The number of carbonyl (C=O) groups excluding carboxylic acids is 2. The van der Waals surface area contributed by atoms with Crippen LogP contribution < -0.4 is 10.9 Å². The van der Waals surface area contributed by atoms with Gasteiger partial charge in [0.2, 0.25) is 5.91 Å². The zero-order valence-electron chi connectivity index (χ0n) is 16.4. The molecule has 0 saturated carbocycles. The molecule has 1 saturated heterocycles. The summed E-state index contributed by atoms with van der Waals surface area (Å²) in [5, 5.41) is 10.8. The van der Waals surface area contributed by atoms with Crippen LogP contribution in [-0.2, 0) is 16.1 Å². The molecule has 1 atom stereocenters. The summed E-state index contributed by atoms with van der Waals surface area (Å²) < 4.78 is 21.0. The molecule has 11 heteroatoms. The molecule has 2 aromatic heterocycles. The van der Waals surface area contributed by atoms with Crippen LogP contribution in [0.5, 0.6) is 0 Å². The van der Waals surface area contributed by atoms with Crippen molar-refractivity contribution in [1.29, 1.82) is 0 Å². The second kappa shape index (κ2) is 10.0. The first-order valence-corrected chi connectivity index (χ1v) is 11.5. The summed E-state index contributed by atoms with van der Waals surface area (Å²) in [4.78, 5) is 24.6. The lowest BCUT2D eigenvalue weighted by Crippen LogP contribution is -2.42. The third-order valence-corrected chi connectivity index (χ3v) is 6.46. The number of hydrazine groups is 1. The Labute approximate surface area is 186 Å². The largest absolute Gasteiger partial charge is 0.376 e. The summed E-state index contributed by atoms with van der Waals surface area (Å²) in [6, 6.07) is 9.47. The molecule has 0 unspecified atom stereocenters. The van der Waals surface area contributed by atoms with Crippen molar-refractivity contribution in [2.75, 3.05) is 12.4 Å². The number of carbonyl (C=O) groups is 2. The fourth-order valence-corrected chi connectivity index (χ4v) is 4.49. The van der Waals surface area contributed by atoms with Gasteiger partial charge < -0.3 is 4.74 Å². The number of halogens is 1. The predicted molar refractivity (Wildman–Crippen MR) is 115 cm³/mol. The fraction of sp³-hybridized carbons (Fsp3) is 0.300. The van der Waals surface area contributed by atoms with Crippen LogP contribution in [-0.4, -0.2) is 45.0 Å². The molecule has 1 aliphatic heterocycles. The molecule has 2 N–H and O–H groups in total. The molecule has 1 aliphatic rings. The fourth-order valence-electron chi connectivity index (χ4n) is 3.13. The summed E-state index contributed by atoms with van der Waals surface area (Å²) in [6.07, 6.45) is 1.96. The number of ether oxygens (including phenoxy) is 1. The van der Waals surface area contributed by atoms with Crippen molar-refractivity contribution in [2.24, 2.45) is 0 Å². The topological polar surface area (TPSA) is 98.1 Å². The summed E-state index contributed by atoms with van der Waals surface area (Å²) in [6.45, 7) is 1.26. The Morgan fingerprint density at radius 2 is 2.06 bits per heavy atom. The number of thiophene rings is 1. The van der Waals surface area contributed by atoms with E-state index in [4.69, 9.17) is 4.74 Å². The number of rotatable bonds is 7. The Hall–Kier alpha value is -2.76. The number of hydrogen-bond acceptors (Lipinski definition) is 7. The lowest BCUT2D eigenvalue weighted by atomic mass is 10.2. The molecule has 0 bridgehead atoms. The molecule has 0 spiro atoms. The second-order valence-electron chi connectivity index (χ2n) is 6.83. The third-order valence-electron chi connectivity index (χ3n) is 4.62. The Morgan fingerprint density at radius 1 is 1.23 bits per heavy atom. The van der Waals surface area contributed by atoms with Crippen molar-refractivity contribution in [2.45, 2.75) is 30.6 Å². The lowest BCUT2D eigenvalue weighted by molar-refractivity contribution is -0.119. The van der Waals surface area contributed by atoms with E-state index in [1.165, 1.54) is 35.2 Å². The molecule has 4 rings (SSSR count). The highest BCUT2D eigenvalue weighted by Crippen LogP contribution is 2.26. The van der Waals surface area contributed by atoms with E-state index in [0.29, 0.717) is 29.0 Å². The highest BCUT2D eigenvalue weighted by Gasteiger charge is 2.22. The number of amides is 2. The maximum Gasteiger partial charge on any atom is 0.279 e. The van der Waals surface area contributed by atoms with Crippen molar-refractivity contribution in [3.05, 3.63) is 52.5 Å². The van der Waals surface area contributed by atoms with Gasteiger partial charge in [-0.05, 0) is 48.6 Å².